The van der Waals surface area contributed by atoms with Gasteiger partial charge in [0.25, 0.3) is 5.91 Å². The Morgan fingerprint density at radius 3 is 2.67 bits per heavy atom. The number of hydrogen-bond acceptors (Lipinski definition) is 5. The van der Waals surface area contributed by atoms with E-state index in [-0.39, 0.29) is 5.91 Å². The zero-order valence-electron chi connectivity index (χ0n) is 14.5. The minimum atomic E-state index is -0.244. The summed E-state index contributed by atoms with van der Waals surface area (Å²) >= 11 is 0. The second-order valence-electron chi connectivity index (χ2n) is 6.29. The van der Waals surface area contributed by atoms with Crippen molar-refractivity contribution < 1.29 is 9.32 Å². The number of carbonyl (C=O) groups excluding carboxylic acids is 1. The van der Waals surface area contributed by atoms with Crippen molar-refractivity contribution in [1.29, 1.82) is 0 Å². The number of hydrazone groups is 1. The van der Waals surface area contributed by atoms with Gasteiger partial charge in [-0.1, -0.05) is 5.16 Å². The lowest BCUT2D eigenvalue weighted by Gasteiger charge is -2.10. The first-order valence-corrected chi connectivity index (χ1v) is 7.73. The van der Waals surface area contributed by atoms with E-state index in [0.29, 0.717) is 22.7 Å². The second kappa shape index (κ2) is 6.09. The smallest absolute Gasteiger partial charge is 0.273 e. The number of aryl methyl sites for hydroxylation is 2. The quantitative estimate of drug-likeness (QED) is 0.840. The van der Waals surface area contributed by atoms with Crippen molar-refractivity contribution in [2.24, 2.45) is 5.10 Å². The molecule has 2 aromatic rings. The number of hydrogen-bond donors (Lipinski definition) is 2. The summed E-state index contributed by atoms with van der Waals surface area (Å²) in [6.45, 7) is 6.74. The molecule has 1 aliphatic rings. The first kappa shape index (κ1) is 16.2. The van der Waals surface area contributed by atoms with Crippen molar-refractivity contribution in [3.8, 4) is 0 Å². The largest absolute Gasteiger partial charge is 0.361 e. The maximum atomic E-state index is 12.2. The van der Waals surface area contributed by atoms with Gasteiger partial charge in [0, 0.05) is 24.0 Å². The Kier molecular flexibility index (Phi) is 4.11. The molecule has 0 aliphatic carbocycles. The number of H-pyrrole nitrogens is 1. The molecule has 0 radical (unpaired) electrons. The third kappa shape index (κ3) is 2.90. The minimum absolute atomic E-state index is 0.244. The molecule has 0 bridgehead atoms. The van der Waals surface area contributed by atoms with E-state index in [9.17, 15) is 4.79 Å². The zero-order chi connectivity index (χ0) is 17.4. The highest BCUT2D eigenvalue weighted by Gasteiger charge is 2.27. The predicted octanol–water partition coefficient (Wildman–Crippen LogP) is 1.91. The molecule has 0 saturated heterocycles. The maximum Gasteiger partial charge on any atom is 0.273 e. The van der Waals surface area contributed by atoms with Crippen LogP contribution in [0.1, 0.15) is 34.0 Å². The van der Waals surface area contributed by atoms with Gasteiger partial charge < -0.3 is 14.4 Å². The van der Waals surface area contributed by atoms with E-state index in [1.165, 1.54) is 5.56 Å². The number of aromatic nitrogens is 2. The highest BCUT2D eigenvalue weighted by molar-refractivity contribution is 6.32. The van der Waals surface area contributed by atoms with Crippen LogP contribution < -0.4 is 5.43 Å². The number of carbonyl (C=O) groups is 1. The lowest BCUT2D eigenvalue weighted by atomic mass is 10.0. The van der Waals surface area contributed by atoms with Crippen molar-refractivity contribution in [2.75, 3.05) is 14.1 Å². The minimum Gasteiger partial charge on any atom is -0.361 e. The summed E-state index contributed by atoms with van der Waals surface area (Å²) in [5.74, 6) is 0.429. The molecule has 0 aromatic carbocycles. The Hall–Kier alpha value is -2.67. The molecule has 24 heavy (non-hydrogen) atoms. The summed E-state index contributed by atoms with van der Waals surface area (Å²) in [5, 5.41) is 8.04. The summed E-state index contributed by atoms with van der Waals surface area (Å²) < 4.78 is 5.09. The third-order valence-electron chi connectivity index (χ3n) is 4.03. The molecule has 3 heterocycles. The zero-order valence-corrected chi connectivity index (χ0v) is 14.5. The van der Waals surface area contributed by atoms with Crippen LogP contribution >= 0.6 is 0 Å². The van der Waals surface area contributed by atoms with Crippen LogP contribution in [0.5, 0.6) is 0 Å². The van der Waals surface area contributed by atoms with Gasteiger partial charge in [-0.25, -0.2) is 5.43 Å². The molecule has 2 N–H and O–H groups in total. The van der Waals surface area contributed by atoms with Crippen LogP contribution in [0.15, 0.2) is 21.3 Å². The van der Waals surface area contributed by atoms with Gasteiger partial charge in [-0.2, -0.15) is 5.10 Å². The van der Waals surface area contributed by atoms with E-state index in [1.54, 1.807) is 13.0 Å². The molecule has 1 amide bonds. The summed E-state index contributed by atoms with van der Waals surface area (Å²) in [7, 11) is 4.07. The van der Waals surface area contributed by atoms with Gasteiger partial charge in [0.05, 0.1) is 5.57 Å². The fraction of sp³-hybridized carbons (Fsp3) is 0.353. The van der Waals surface area contributed by atoms with Crippen LogP contribution in [0.3, 0.4) is 0 Å². The van der Waals surface area contributed by atoms with E-state index in [4.69, 9.17) is 4.52 Å². The van der Waals surface area contributed by atoms with Crippen molar-refractivity contribution in [2.45, 2.75) is 27.3 Å². The van der Waals surface area contributed by atoms with Crippen molar-refractivity contribution in [3.05, 3.63) is 45.6 Å². The second-order valence-corrected chi connectivity index (χ2v) is 6.29. The molecule has 0 fully saturated rings. The molecule has 0 atom stereocenters. The fourth-order valence-corrected chi connectivity index (χ4v) is 2.80. The molecule has 0 unspecified atom stereocenters. The first-order chi connectivity index (χ1) is 11.4. The van der Waals surface area contributed by atoms with E-state index >= 15 is 0 Å². The molecule has 126 valence electrons. The van der Waals surface area contributed by atoms with Gasteiger partial charge in [0.1, 0.15) is 17.2 Å². The van der Waals surface area contributed by atoms with E-state index in [2.05, 4.69) is 32.5 Å². The molecule has 0 spiro atoms. The molecule has 3 rings (SSSR count). The van der Waals surface area contributed by atoms with Crippen LogP contribution in [-0.2, 0) is 11.3 Å². The third-order valence-corrected chi connectivity index (χ3v) is 4.03. The molecular formula is C17H21N5O2. The SMILES string of the molecule is Cc1cc(C2=NNC(=O)C2=Cc2[nH]c(C)c(CN(C)C)c2C)no1. The lowest BCUT2D eigenvalue weighted by molar-refractivity contribution is -0.116. The van der Waals surface area contributed by atoms with Crippen molar-refractivity contribution in [1.82, 2.24) is 20.5 Å². The molecule has 7 nitrogen and oxygen atoms in total. The fourth-order valence-electron chi connectivity index (χ4n) is 2.80. The standard InChI is InChI=1S/C17H21N5O2/c1-9-6-15(21-24-9)16-12(17(23)20-19-16)7-14-10(2)13(8-22(4)5)11(3)18-14/h6-7,18H,8H2,1-5H3,(H,20,23). The topological polar surface area (TPSA) is 86.5 Å². The van der Waals surface area contributed by atoms with Gasteiger partial charge in [-0.15, -0.1) is 0 Å². The van der Waals surface area contributed by atoms with E-state index in [0.717, 1.165) is 23.5 Å². The van der Waals surface area contributed by atoms with Gasteiger partial charge in [0.15, 0.2) is 0 Å². The first-order valence-electron chi connectivity index (χ1n) is 7.73. The van der Waals surface area contributed by atoms with Crippen LogP contribution in [0.25, 0.3) is 6.08 Å². The molecule has 0 saturated carbocycles. The molecular weight excluding hydrogens is 306 g/mol. The number of nitrogens with one attached hydrogen (secondary N) is 2. The van der Waals surface area contributed by atoms with Gasteiger partial charge in [-0.3, -0.25) is 4.79 Å². The average Bonchev–Trinajstić information content (AvgIpc) is 3.15. The molecule has 1 aliphatic heterocycles. The Labute approximate surface area is 140 Å². The van der Waals surface area contributed by atoms with Crippen LogP contribution in [0.4, 0.5) is 0 Å². The van der Waals surface area contributed by atoms with Crippen LogP contribution in [0, 0.1) is 20.8 Å². The summed E-state index contributed by atoms with van der Waals surface area (Å²) in [5.41, 5.74) is 8.39. The van der Waals surface area contributed by atoms with Crippen molar-refractivity contribution in [3.63, 3.8) is 0 Å². The number of nitrogens with zero attached hydrogens (tertiary/aromatic N) is 3. The van der Waals surface area contributed by atoms with Gasteiger partial charge >= 0.3 is 0 Å². The summed E-state index contributed by atoms with van der Waals surface area (Å²) in [6.07, 6.45) is 1.83. The summed E-state index contributed by atoms with van der Waals surface area (Å²) in [6, 6.07) is 1.76. The molecule has 2 aromatic heterocycles. The van der Waals surface area contributed by atoms with Gasteiger partial charge in [0.2, 0.25) is 0 Å². The Morgan fingerprint density at radius 2 is 2.04 bits per heavy atom. The summed E-state index contributed by atoms with van der Waals surface area (Å²) in [4.78, 5) is 17.7. The van der Waals surface area contributed by atoms with E-state index < -0.39 is 0 Å². The number of amides is 1. The normalized spacial score (nSPS) is 16.2. The van der Waals surface area contributed by atoms with Crippen LogP contribution in [0.2, 0.25) is 0 Å². The Bertz CT molecular complexity index is 854. The monoisotopic (exact) mass is 327 g/mol. The van der Waals surface area contributed by atoms with Gasteiger partial charge in [-0.05, 0) is 52.1 Å². The van der Waals surface area contributed by atoms with Crippen LogP contribution in [-0.4, -0.2) is 40.8 Å². The highest BCUT2D eigenvalue weighted by Crippen LogP contribution is 2.23. The number of rotatable bonds is 4. The average molecular weight is 327 g/mol. The molecule has 7 heteroatoms. The lowest BCUT2D eigenvalue weighted by Crippen LogP contribution is -2.14. The predicted molar refractivity (Wildman–Crippen MR) is 91.6 cm³/mol. The van der Waals surface area contributed by atoms with Crippen molar-refractivity contribution >= 4 is 17.7 Å². The maximum absolute atomic E-state index is 12.2. The Balaban J connectivity index is 2.01. The Morgan fingerprint density at radius 1 is 1.29 bits per heavy atom. The van der Waals surface area contributed by atoms with E-state index in [1.807, 2.05) is 27.1 Å². The highest BCUT2D eigenvalue weighted by atomic mass is 16.5. The number of aromatic amines is 1.